The van der Waals surface area contributed by atoms with Crippen LogP contribution in [0.1, 0.15) is 18.4 Å². The Morgan fingerprint density at radius 1 is 0.796 bits per heavy atom. The highest BCUT2D eigenvalue weighted by Gasteiger charge is 2.34. The van der Waals surface area contributed by atoms with E-state index < -0.39 is 21.4 Å². The molecule has 5 heterocycles. The van der Waals surface area contributed by atoms with Crippen LogP contribution in [0.4, 0.5) is 26.8 Å². The van der Waals surface area contributed by atoms with Gasteiger partial charge in [-0.3, -0.25) is 4.98 Å². The summed E-state index contributed by atoms with van der Waals surface area (Å²) in [7, 11) is -3.82. The molecule has 2 saturated heterocycles. The van der Waals surface area contributed by atoms with Gasteiger partial charge in [-0.2, -0.15) is 0 Å². The van der Waals surface area contributed by atoms with Crippen LogP contribution in [0.25, 0.3) is 33.2 Å². The number of fused-ring (bicyclic) bond motifs is 3. The molecule has 6 aromatic rings. The number of likely N-dealkylation sites (tertiary alicyclic amines) is 1. The summed E-state index contributed by atoms with van der Waals surface area (Å²) >= 11 is 0. The van der Waals surface area contributed by atoms with Crippen molar-refractivity contribution in [2.24, 2.45) is 0 Å². The van der Waals surface area contributed by atoms with Crippen molar-refractivity contribution in [3.8, 4) is 11.4 Å². The number of hydrogen-bond donors (Lipinski definition) is 2. The lowest BCUT2D eigenvalue weighted by Crippen LogP contribution is -2.43. The van der Waals surface area contributed by atoms with E-state index >= 15 is 0 Å². The van der Waals surface area contributed by atoms with Crippen molar-refractivity contribution < 1.29 is 27.5 Å². The molecule has 276 valence electrons. The van der Waals surface area contributed by atoms with Crippen LogP contribution in [-0.2, 0) is 26.1 Å². The Labute approximate surface area is 311 Å². The highest BCUT2D eigenvalue weighted by atomic mass is 32.2. The summed E-state index contributed by atoms with van der Waals surface area (Å²) in [5.74, 6) is 1.20. The van der Waals surface area contributed by atoms with Gasteiger partial charge >= 0.3 is 12.1 Å². The molecule has 0 unspecified atom stereocenters. The molecule has 0 bridgehead atoms. The van der Waals surface area contributed by atoms with Gasteiger partial charge in [0.15, 0.2) is 5.82 Å². The van der Waals surface area contributed by atoms with E-state index in [9.17, 15) is 18.0 Å². The first kappa shape index (κ1) is 35.0. The Morgan fingerprint density at radius 2 is 1.50 bits per heavy atom. The number of aromatic nitrogens is 4. The normalized spacial score (nSPS) is 15.3. The molecule has 0 spiro atoms. The predicted octanol–water partition coefficient (Wildman–Crippen LogP) is 6.11. The number of pyridine rings is 1. The first-order valence-electron chi connectivity index (χ1n) is 17.8. The molecular weight excluding hydrogens is 709 g/mol. The minimum Gasteiger partial charge on any atom is -0.445 e. The average Bonchev–Trinajstić information content (AvgIpc) is 3.67. The van der Waals surface area contributed by atoms with Crippen LogP contribution in [0.15, 0.2) is 104 Å². The smallest absolute Gasteiger partial charge is 0.410 e. The van der Waals surface area contributed by atoms with Crippen molar-refractivity contribution in [1.29, 1.82) is 0 Å². The number of morpholine rings is 1. The number of piperidine rings is 1. The second-order valence-electron chi connectivity index (χ2n) is 13.1. The van der Waals surface area contributed by atoms with Gasteiger partial charge in [0, 0.05) is 72.5 Å². The van der Waals surface area contributed by atoms with E-state index in [-0.39, 0.29) is 25.7 Å². The molecule has 3 aromatic heterocycles. The van der Waals surface area contributed by atoms with Crippen LogP contribution in [0, 0.1) is 0 Å². The van der Waals surface area contributed by atoms with Crippen molar-refractivity contribution in [2.75, 3.05) is 54.9 Å². The van der Waals surface area contributed by atoms with Crippen LogP contribution in [-0.4, -0.2) is 89.0 Å². The molecule has 8 rings (SSSR count). The number of rotatable bonds is 8. The van der Waals surface area contributed by atoms with E-state index in [0.717, 1.165) is 22.3 Å². The maximum Gasteiger partial charge on any atom is 0.410 e. The monoisotopic (exact) mass is 746 g/mol. The molecule has 54 heavy (non-hydrogen) atoms. The van der Waals surface area contributed by atoms with Crippen molar-refractivity contribution in [3.05, 3.63) is 109 Å². The number of benzene rings is 3. The number of nitrogens with zero attached hydrogens (tertiary/aromatic N) is 6. The Morgan fingerprint density at radius 3 is 2.22 bits per heavy atom. The van der Waals surface area contributed by atoms with Gasteiger partial charge < -0.3 is 29.9 Å². The van der Waals surface area contributed by atoms with Crippen LogP contribution >= 0.6 is 0 Å². The number of amides is 3. The summed E-state index contributed by atoms with van der Waals surface area (Å²) in [4.78, 5) is 43.0. The van der Waals surface area contributed by atoms with Crippen molar-refractivity contribution in [3.63, 3.8) is 0 Å². The molecule has 2 N–H and O–H groups in total. The fourth-order valence-electron chi connectivity index (χ4n) is 6.87. The third-order valence-corrected chi connectivity index (χ3v) is 11.9. The van der Waals surface area contributed by atoms with Crippen LogP contribution in [0.3, 0.4) is 0 Å². The number of carbonyl (C=O) groups is 2. The molecule has 3 aromatic carbocycles. The third-order valence-electron chi connectivity index (χ3n) is 9.73. The minimum atomic E-state index is -3.82. The molecule has 2 fully saturated rings. The van der Waals surface area contributed by atoms with Crippen LogP contribution < -0.4 is 15.5 Å². The number of ether oxygens (including phenoxy) is 2. The number of urea groups is 1. The van der Waals surface area contributed by atoms with Crippen molar-refractivity contribution >= 4 is 61.1 Å². The standard InChI is InChI=1S/C39H38N8O6S/c48-38(42-30-12-17-40-18-13-30)41-29-8-6-28(7-9-29)36-43-35-32-16-21-47(34(32)11-10-33(35)37(44-36)45-22-24-52-25-23-45)54(50,51)31-14-19-46(20-15-31)39(49)53-26-27-4-2-1-3-5-27/h1-13,16-18,21,31H,14-15,19-20,22-26H2,(H2,40,41,42,48). The number of nitrogens with one attached hydrogen (secondary N) is 2. The number of hydrogen-bond acceptors (Lipinski definition) is 10. The van der Waals surface area contributed by atoms with Gasteiger partial charge in [0.2, 0.25) is 10.0 Å². The van der Waals surface area contributed by atoms with Gasteiger partial charge in [-0.15, -0.1) is 0 Å². The Hall–Kier alpha value is -6.06. The maximum absolute atomic E-state index is 14.1. The number of carbonyl (C=O) groups excluding carboxylic acids is 2. The molecule has 0 aliphatic carbocycles. The minimum absolute atomic E-state index is 0.161. The lowest BCUT2D eigenvalue weighted by atomic mass is 10.1. The zero-order valence-corrected chi connectivity index (χ0v) is 30.1. The van der Waals surface area contributed by atoms with Gasteiger partial charge in [-0.25, -0.2) is 31.9 Å². The zero-order valence-electron chi connectivity index (χ0n) is 29.3. The van der Waals surface area contributed by atoms with Gasteiger partial charge in [0.1, 0.15) is 12.4 Å². The molecule has 3 amide bonds. The van der Waals surface area contributed by atoms with E-state index in [1.807, 2.05) is 54.6 Å². The first-order valence-corrected chi connectivity index (χ1v) is 19.3. The molecule has 2 aliphatic heterocycles. The molecule has 0 radical (unpaired) electrons. The number of anilines is 3. The second-order valence-corrected chi connectivity index (χ2v) is 15.2. The molecule has 15 heteroatoms. The molecule has 2 aliphatic rings. The lowest BCUT2D eigenvalue weighted by molar-refractivity contribution is 0.0897. The third kappa shape index (κ3) is 7.27. The van der Waals surface area contributed by atoms with Crippen molar-refractivity contribution in [1.82, 2.24) is 23.8 Å². The van der Waals surface area contributed by atoms with E-state index in [4.69, 9.17) is 19.4 Å². The zero-order chi connectivity index (χ0) is 37.1. The largest absolute Gasteiger partial charge is 0.445 e. The lowest BCUT2D eigenvalue weighted by Gasteiger charge is -2.31. The average molecular weight is 747 g/mol. The van der Waals surface area contributed by atoms with Crippen LogP contribution in [0.5, 0.6) is 0 Å². The van der Waals surface area contributed by atoms with Gasteiger partial charge in [0.05, 0.1) is 29.5 Å². The van der Waals surface area contributed by atoms with Gasteiger partial charge in [-0.05, 0) is 73.0 Å². The Balaban J connectivity index is 1.05. The van der Waals surface area contributed by atoms with Gasteiger partial charge in [-0.1, -0.05) is 30.3 Å². The summed E-state index contributed by atoms with van der Waals surface area (Å²) in [6, 6.07) is 25.2. The molecule has 14 nitrogen and oxygen atoms in total. The van der Waals surface area contributed by atoms with Gasteiger partial charge in [0.25, 0.3) is 0 Å². The summed E-state index contributed by atoms with van der Waals surface area (Å²) in [6.45, 7) is 3.13. The molecular formula is C39H38N8O6S. The first-order chi connectivity index (χ1) is 26.3. The van der Waals surface area contributed by atoms with E-state index in [1.54, 1.807) is 53.8 Å². The van der Waals surface area contributed by atoms with Crippen LogP contribution in [0.2, 0.25) is 0 Å². The summed E-state index contributed by atoms with van der Waals surface area (Å²) in [5, 5.41) is 6.41. The fraction of sp³-hybridized carbons (Fsp3) is 0.256. The maximum atomic E-state index is 14.1. The Kier molecular flexibility index (Phi) is 9.80. The fourth-order valence-corrected chi connectivity index (χ4v) is 8.67. The van der Waals surface area contributed by atoms with E-state index in [0.29, 0.717) is 72.8 Å². The highest BCUT2D eigenvalue weighted by Crippen LogP contribution is 2.35. The Bertz CT molecular complexity index is 2400. The summed E-state index contributed by atoms with van der Waals surface area (Å²) in [6.07, 6.45) is 4.92. The molecule has 0 atom stereocenters. The second kappa shape index (κ2) is 15.1. The predicted molar refractivity (Wildman–Crippen MR) is 206 cm³/mol. The quantitative estimate of drug-likeness (QED) is 0.186. The summed E-state index contributed by atoms with van der Waals surface area (Å²) < 4.78 is 40.7. The SMILES string of the molecule is O=C(Nc1ccncc1)Nc1ccc(-c2nc(N3CCOCC3)c3ccc4c(ccn4S(=O)(=O)C4CCN(C(=O)OCc5ccccc5)CC4)c3n2)cc1. The summed E-state index contributed by atoms with van der Waals surface area (Å²) in [5.41, 5.74) is 3.96. The van der Waals surface area contributed by atoms with E-state index in [1.165, 1.54) is 3.97 Å². The van der Waals surface area contributed by atoms with Crippen molar-refractivity contribution in [2.45, 2.75) is 24.7 Å². The highest BCUT2D eigenvalue weighted by molar-refractivity contribution is 7.90. The topological polar surface area (TPSA) is 161 Å². The van der Waals surface area contributed by atoms with E-state index in [2.05, 4.69) is 20.5 Å². The molecule has 0 saturated carbocycles.